The third kappa shape index (κ3) is 2.43. The van der Waals surface area contributed by atoms with Gasteiger partial charge in [0.2, 0.25) is 0 Å². The number of rotatable bonds is 2. The molecule has 1 amide bonds. The van der Waals surface area contributed by atoms with E-state index in [0.717, 1.165) is 43.6 Å². The number of H-pyrrole nitrogens is 1. The van der Waals surface area contributed by atoms with E-state index >= 15 is 0 Å². The number of piperazine rings is 1. The van der Waals surface area contributed by atoms with Crippen molar-refractivity contribution < 1.29 is 4.79 Å². The number of benzene rings is 1. The van der Waals surface area contributed by atoms with Crippen LogP contribution in [0.3, 0.4) is 0 Å². The predicted molar refractivity (Wildman–Crippen MR) is 81.1 cm³/mol. The number of likely N-dealkylation sites (N-methyl/N-ethyl adjacent to an activating group) is 1. The van der Waals surface area contributed by atoms with Crippen LogP contribution in [0.5, 0.6) is 0 Å². The predicted octanol–water partition coefficient (Wildman–Crippen LogP) is 2.25. The number of aryl methyl sites for hydroxylation is 1. The van der Waals surface area contributed by atoms with Crippen molar-refractivity contribution in [1.29, 1.82) is 0 Å². The lowest BCUT2D eigenvalue weighted by Crippen LogP contribution is -2.48. The number of amides is 1. The minimum atomic E-state index is 0.120. The summed E-state index contributed by atoms with van der Waals surface area (Å²) in [4.78, 5) is 20.1. The molecule has 4 nitrogen and oxygen atoms in total. The molecule has 4 heteroatoms. The first-order valence-electron chi connectivity index (χ1n) is 7.28. The van der Waals surface area contributed by atoms with Crippen LogP contribution in [-0.4, -0.2) is 53.4 Å². The van der Waals surface area contributed by atoms with Gasteiger partial charge in [0, 0.05) is 37.1 Å². The highest BCUT2D eigenvalue weighted by molar-refractivity contribution is 5.98. The molecule has 0 bridgehead atoms. The van der Waals surface area contributed by atoms with Crippen LogP contribution in [0.15, 0.2) is 24.3 Å². The van der Waals surface area contributed by atoms with Crippen LogP contribution in [0, 0.1) is 6.92 Å². The minimum Gasteiger partial charge on any atom is -0.351 e. The lowest BCUT2D eigenvalue weighted by atomic mass is 10.2. The zero-order chi connectivity index (χ0) is 14.1. The van der Waals surface area contributed by atoms with E-state index in [9.17, 15) is 4.79 Å². The molecule has 1 aliphatic rings. The summed E-state index contributed by atoms with van der Waals surface area (Å²) in [6.45, 7) is 8.88. The molecule has 106 valence electrons. The van der Waals surface area contributed by atoms with E-state index in [1.807, 2.05) is 17.0 Å². The average molecular weight is 271 g/mol. The quantitative estimate of drug-likeness (QED) is 0.910. The van der Waals surface area contributed by atoms with E-state index in [2.05, 4.69) is 35.9 Å². The van der Waals surface area contributed by atoms with Crippen LogP contribution in [0.25, 0.3) is 10.9 Å². The Morgan fingerprint density at radius 3 is 2.65 bits per heavy atom. The fraction of sp³-hybridized carbons (Fsp3) is 0.438. The molecule has 20 heavy (non-hydrogen) atoms. The van der Waals surface area contributed by atoms with E-state index in [0.29, 0.717) is 5.69 Å². The maximum absolute atomic E-state index is 12.5. The number of hydrogen-bond acceptors (Lipinski definition) is 2. The molecule has 1 N–H and O–H groups in total. The molecule has 0 unspecified atom stereocenters. The number of fused-ring (bicyclic) bond motifs is 1. The summed E-state index contributed by atoms with van der Waals surface area (Å²) in [7, 11) is 0. The summed E-state index contributed by atoms with van der Waals surface area (Å²) >= 11 is 0. The first-order chi connectivity index (χ1) is 9.67. The molecule has 0 atom stereocenters. The van der Waals surface area contributed by atoms with Crippen LogP contribution in [-0.2, 0) is 0 Å². The SMILES string of the molecule is CCN1CCN(C(=O)c2cc3cc(C)ccc3[nH]2)CC1. The Kier molecular flexibility index (Phi) is 3.49. The van der Waals surface area contributed by atoms with Crippen molar-refractivity contribution in [2.45, 2.75) is 13.8 Å². The average Bonchev–Trinajstić information content (AvgIpc) is 2.89. The molecular weight excluding hydrogens is 250 g/mol. The smallest absolute Gasteiger partial charge is 0.270 e. The summed E-state index contributed by atoms with van der Waals surface area (Å²) in [5.74, 6) is 0.120. The molecule has 0 aliphatic carbocycles. The normalized spacial score (nSPS) is 16.8. The molecule has 3 rings (SSSR count). The Morgan fingerprint density at radius 2 is 1.95 bits per heavy atom. The molecule has 2 aromatic rings. The van der Waals surface area contributed by atoms with Gasteiger partial charge in [-0.15, -0.1) is 0 Å². The fourth-order valence-corrected chi connectivity index (χ4v) is 2.80. The lowest BCUT2D eigenvalue weighted by Gasteiger charge is -2.33. The van der Waals surface area contributed by atoms with Gasteiger partial charge in [0.05, 0.1) is 0 Å². The van der Waals surface area contributed by atoms with Crippen molar-refractivity contribution in [3.8, 4) is 0 Å². The Bertz CT molecular complexity index is 624. The number of nitrogens with one attached hydrogen (secondary N) is 1. The number of aromatic amines is 1. The van der Waals surface area contributed by atoms with Gasteiger partial charge in [-0.2, -0.15) is 0 Å². The topological polar surface area (TPSA) is 39.3 Å². The Morgan fingerprint density at radius 1 is 1.20 bits per heavy atom. The largest absolute Gasteiger partial charge is 0.351 e. The maximum Gasteiger partial charge on any atom is 0.270 e. The Balaban J connectivity index is 1.79. The highest BCUT2D eigenvalue weighted by atomic mass is 16.2. The van der Waals surface area contributed by atoms with Crippen LogP contribution >= 0.6 is 0 Å². The third-order valence-electron chi connectivity index (χ3n) is 4.11. The molecule has 2 heterocycles. The number of carbonyl (C=O) groups excluding carboxylic acids is 1. The van der Waals surface area contributed by atoms with Gasteiger partial charge in [-0.25, -0.2) is 0 Å². The van der Waals surface area contributed by atoms with Gasteiger partial charge < -0.3 is 14.8 Å². The highest BCUT2D eigenvalue weighted by Crippen LogP contribution is 2.18. The molecule has 1 fully saturated rings. The van der Waals surface area contributed by atoms with Crippen molar-refractivity contribution in [2.75, 3.05) is 32.7 Å². The standard InChI is InChI=1S/C16H21N3O/c1-3-18-6-8-19(9-7-18)16(20)15-11-13-10-12(2)4-5-14(13)17-15/h4-5,10-11,17H,3,6-9H2,1-2H3. The molecule has 1 aliphatic heterocycles. The second-order valence-electron chi connectivity index (χ2n) is 5.50. The number of aromatic nitrogens is 1. The van der Waals surface area contributed by atoms with Crippen molar-refractivity contribution >= 4 is 16.8 Å². The molecule has 1 aromatic carbocycles. The van der Waals surface area contributed by atoms with Gasteiger partial charge in [0.25, 0.3) is 5.91 Å². The first kappa shape index (κ1) is 13.2. The molecule has 0 radical (unpaired) electrons. The van der Waals surface area contributed by atoms with Crippen molar-refractivity contribution in [3.63, 3.8) is 0 Å². The van der Waals surface area contributed by atoms with Gasteiger partial charge in [0.15, 0.2) is 0 Å². The molecular formula is C16H21N3O. The van der Waals surface area contributed by atoms with E-state index in [1.54, 1.807) is 0 Å². The molecule has 1 aromatic heterocycles. The maximum atomic E-state index is 12.5. The van der Waals surface area contributed by atoms with Crippen LogP contribution in [0.2, 0.25) is 0 Å². The second kappa shape index (κ2) is 5.29. The first-order valence-corrected chi connectivity index (χ1v) is 7.28. The monoisotopic (exact) mass is 271 g/mol. The van der Waals surface area contributed by atoms with Crippen molar-refractivity contribution in [3.05, 3.63) is 35.5 Å². The number of hydrogen-bond donors (Lipinski definition) is 1. The third-order valence-corrected chi connectivity index (χ3v) is 4.11. The summed E-state index contributed by atoms with van der Waals surface area (Å²) in [5, 5.41) is 1.11. The lowest BCUT2D eigenvalue weighted by molar-refractivity contribution is 0.0638. The van der Waals surface area contributed by atoms with Crippen LogP contribution < -0.4 is 0 Å². The minimum absolute atomic E-state index is 0.120. The molecule has 0 spiro atoms. The summed E-state index contributed by atoms with van der Waals surface area (Å²) in [5.41, 5.74) is 2.95. The van der Waals surface area contributed by atoms with Gasteiger partial charge in [-0.05, 0) is 31.7 Å². The summed E-state index contributed by atoms with van der Waals surface area (Å²) in [6, 6.07) is 8.18. The van der Waals surface area contributed by atoms with E-state index in [4.69, 9.17) is 0 Å². The Hall–Kier alpha value is -1.81. The second-order valence-corrected chi connectivity index (χ2v) is 5.50. The van der Waals surface area contributed by atoms with E-state index < -0.39 is 0 Å². The van der Waals surface area contributed by atoms with E-state index in [-0.39, 0.29) is 5.91 Å². The summed E-state index contributed by atoms with van der Waals surface area (Å²) < 4.78 is 0. The Labute approximate surface area is 119 Å². The van der Waals surface area contributed by atoms with Gasteiger partial charge in [-0.1, -0.05) is 18.6 Å². The molecule has 0 saturated carbocycles. The summed E-state index contributed by atoms with van der Waals surface area (Å²) in [6.07, 6.45) is 0. The van der Waals surface area contributed by atoms with Crippen molar-refractivity contribution in [1.82, 2.24) is 14.8 Å². The van der Waals surface area contributed by atoms with Crippen LogP contribution in [0.1, 0.15) is 23.0 Å². The van der Waals surface area contributed by atoms with Gasteiger partial charge in [0.1, 0.15) is 5.69 Å². The van der Waals surface area contributed by atoms with E-state index in [1.165, 1.54) is 5.56 Å². The van der Waals surface area contributed by atoms with Gasteiger partial charge >= 0.3 is 0 Å². The number of carbonyl (C=O) groups is 1. The zero-order valence-electron chi connectivity index (χ0n) is 12.1. The number of nitrogens with zero attached hydrogens (tertiary/aromatic N) is 2. The van der Waals surface area contributed by atoms with Crippen LogP contribution in [0.4, 0.5) is 0 Å². The highest BCUT2D eigenvalue weighted by Gasteiger charge is 2.22. The van der Waals surface area contributed by atoms with Gasteiger partial charge in [-0.3, -0.25) is 4.79 Å². The van der Waals surface area contributed by atoms with Crippen molar-refractivity contribution in [2.24, 2.45) is 0 Å². The zero-order valence-corrected chi connectivity index (χ0v) is 12.1. The fourth-order valence-electron chi connectivity index (χ4n) is 2.80. The molecule has 1 saturated heterocycles.